The molecule has 0 aromatic carbocycles. The van der Waals surface area contributed by atoms with E-state index >= 15 is 0 Å². The molecule has 0 N–H and O–H groups in total. The fourth-order valence-electron chi connectivity index (χ4n) is 0. The quantitative estimate of drug-likeness (QED) is 0.184. The first-order valence-electron chi connectivity index (χ1n) is 0.365. The maximum atomic E-state index is 8.00. The van der Waals surface area contributed by atoms with Gasteiger partial charge in [0.15, 0.2) is 0 Å². The van der Waals surface area contributed by atoms with E-state index in [0.29, 0.717) is 0 Å². The van der Waals surface area contributed by atoms with Crippen molar-refractivity contribution in [3.8, 4) is 0 Å². The van der Waals surface area contributed by atoms with Gasteiger partial charge >= 0.3 is 59.1 Å². The Morgan fingerprint density at radius 2 is 1.33 bits per heavy atom. The summed E-state index contributed by atoms with van der Waals surface area (Å²) >= 11 is 0. The van der Waals surface area contributed by atoms with E-state index in [-0.39, 0.29) is 71.5 Å². The molecule has 0 spiro atoms. The summed E-state index contributed by atoms with van der Waals surface area (Å²) in [5.41, 5.74) is 0. The van der Waals surface area contributed by atoms with Crippen LogP contribution in [0.3, 0.4) is 0 Å². The van der Waals surface area contributed by atoms with Gasteiger partial charge in [0.05, 0.1) is 0 Å². The number of nitrogens with zero attached hydrogens (tertiary/aromatic N) is 1. The first-order chi connectivity index (χ1) is 1.41. The van der Waals surface area contributed by atoms with Crippen LogP contribution in [0, 0.1) is 10.1 Å². The maximum Gasteiger partial charge on any atom is 1.00 e. The maximum absolute atomic E-state index is 8.00. The summed E-state index contributed by atoms with van der Waals surface area (Å²) in [6.45, 7) is 0. The zero-order valence-electron chi connectivity index (χ0n) is 3.64. The van der Waals surface area contributed by atoms with Crippen LogP contribution in [0.25, 0.3) is 0 Å². The molecule has 0 saturated heterocycles. The van der Waals surface area contributed by atoms with E-state index in [2.05, 4.69) is 0 Å². The Morgan fingerprint density at radius 3 is 1.33 bits per heavy atom. The molecule has 0 radical (unpaired) electrons. The summed E-state index contributed by atoms with van der Waals surface area (Å²) < 4.78 is 0. The predicted molar refractivity (Wildman–Crippen MR) is 9.16 cm³/mol. The molecule has 0 aliphatic rings. The van der Waals surface area contributed by atoms with Crippen LogP contribution in [0.2, 0.25) is 0 Å². The van der Waals surface area contributed by atoms with E-state index in [1.165, 1.54) is 0 Å². The summed E-state index contributed by atoms with van der Waals surface area (Å²) in [5.74, 6) is 0. The fraction of sp³-hybridized carbons (Fsp3) is 0. The van der Waals surface area contributed by atoms with Crippen LogP contribution in [0.4, 0.5) is 0 Å². The van der Waals surface area contributed by atoms with Gasteiger partial charge in [-0.15, -0.1) is 5.34 Å². The van der Waals surface area contributed by atoms with Crippen LogP contribution < -0.4 is 71.5 Å². The van der Waals surface area contributed by atoms with Crippen molar-refractivity contribution >= 4 is 0 Å². The molecule has 0 aliphatic carbocycles. The van der Waals surface area contributed by atoms with Crippen molar-refractivity contribution < 1.29 is 71.5 Å². The van der Waals surface area contributed by atoms with Crippen LogP contribution in [0.15, 0.2) is 5.34 Å². The van der Waals surface area contributed by atoms with Crippen LogP contribution in [-0.4, -0.2) is 0 Å². The van der Waals surface area contributed by atoms with Gasteiger partial charge in [-0.25, -0.2) is 0 Å². The predicted octanol–water partition coefficient (Wildman–Crippen LogP) is -8.74. The molecule has 6 heteroatoms. The van der Waals surface area contributed by atoms with Gasteiger partial charge in [-0.3, -0.25) is 0 Å². The van der Waals surface area contributed by atoms with Crippen molar-refractivity contribution in [2.45, 2.75) is 0 Å². The van der Waals surface area contributed by atoms with Crippen LogP contribution >= 0.6 is 0 Å². The van der Waals surface area contributed by atoms with Crippen molar-refractivity contribution in [3.63, 3.8) is 0 Å². The zero-order valence-corrected chi connectivity index (χ0v) is 8.40. The second-order valence-electron chi connectivity index (χ2n) is 0.0745. The van der Waals surface area contributed by atoms with Crippen molar-refractivity contribution in [1.82, 2.24) is 0 Å². The molecular formula is ClNNa2O2. The first-order valence-corrected chi connectivity index (χ1v) is 0.365. The van der Waals surface area contributed by atoms with Crippen LogP contribution in [0.1, 0.15) is 0 Å². The van der Waals surface area contributed by atoms with Gasteiger partial charge in [0.1, 0.15) is 0 Å². The van der Waals surface area contributed by atoms with Crippen molar-refractivity contribution in [3.05, 3.63) is 10.1 Å². The molecule has 0 aromatic rings. The second-order valence-corrected chi connectivity index (χ2v) is 0.0745. The van der Waals surface area contributed by atoms with Crippen LogP contribution in [-0.2, 0) is 0 Å². The summed E-state index contributed by atoms with van der Waals surface area (Å²) in [4.78, 5) is 8.00. The average Bonchev–Trinajstić information content (AvgIpc) is 0.918. The molecular weight excluding hydrogens is 127 g/mol. The Labute approximate surface area is 85.8 Å². The van der Waals surface area contributed by atoms with E-state index in [0.717, 1.165) is 5.34 Å². The smallest absolute Gasteiger partial charge is 1.00 e. The Morgan fingerprint density at radius 1 is 1.33 bits per heavy atom. The minimum absolute atomic E-state index is 0. The van der Waals surface area contributed by atoms with E-state index in [1.54, 1.807) is 0 Å². The van der Waals surface area contributed by atoms with Gasteiger partial charge < -0.3 is 22.5 Å². The van der Waals surface area contributed by atoms with Crippen molar-refractivity contribution in [1.29, 1.82) is 0 Å². The Kier molecular flexibility index (Phi) is 126. The monoisotopic (exact) mass is 127 g/mol. The summed E-state index contributed by atoms with van der Waals surface area (Å²) in [6, 6.07) is 0. The molecule has 0 heterocycles. The minimum Gasteiger partial charge on any atom is -1.00 e. The molecule has 0 amide bonds. The van der Waals surface area contributed by atoms with Gasteiger partial charge in [-0.1, -0.05) is 0 Å². The van der Waals surface area contributed by atoms with Gasteiger partial charge in [0, 0.05) is 0 Å². The third-order valence-electron chi connectivity index (χ3n) is 0. The third-order valence-corrected chi connectivity index (χ3v) is 0. The number of rotatable bonds is 0. The van der Waals surface area contributed by atoms with Gasteiger partial charge in [-0.05, 0) is 0 Å². The molecule has 0 aliphatic heterocycles. The minimum atomic E-state index is 0. The molecule has 0 atom stereocenters. The van der Waals surface area contributed by atoms with E-state index in [1.807, 2.05) is 0 Å². The van der Waals surface area contributed by atoms with Gasteiger partial charge in [-0.2, -0.15) is 0 Å². The first kappa shape index (κ1) is 25.3. The molecule has 26 valence electrons. The number of hydrogen-bond acceptors (Lipinski definition) is 3. The Bertz CT molecular complexity index is 19.0. The van der Waals surface area contributed by atoms with E-state index in [4.69, 9.17) is 10.1 Å². The zero-order chi connectivity index (χ0) is 2.71. The topological polar surface area (TPSA) is 52.5 Å². The molecule has 0 unspecified atom stereocenters. The van der Waals surface area contributed by atoms with E-state index in [9.17, 15) is 0 Å². The molecule has 6 heavy (non-hydrogen) atoms. The molecule has 0 aromatic heterocycles. The Balaban J connectivity index is -0.00000000667. The summed E-state index contributed by atoms with van der Waals surface area (Å²) in [6.07, 6.45) is 0. The second kappa shape index (κ2) is 29.9. The molecule has 0 bridgehead atoms. The standard InChI is InChI=1S/ClH.HNO2.2Na/c;2-1-3;;/h1H;(H,2,3);;/q;;2*+1/p-2. The van der Waals surface area contributed by atoms with Crippen molar-refractivity contribution in [2.75, 3.05) is 0 Å². The third kappa shape index (κ3) is 43.8. The number of halogens is 1. The largest absolute Gasteiger partial charge is 1.00 e. The number of hydrogen-bond donors (Lipinski definition) is 0. The van der Waals surface area contributed by atoms with E-state index < -0.39 is 0 Å². The fourth-order valence-corrected chi connectivity index (χ4v) is 0. The SMILES string of the molecule is O=N[O-].[Cl-].[Na+].[Na+]. The van der Waals surface area contributed by atoms with Crippen LogP contribution in [0.5, 0.6) is 0 Å². The van der Waals surface area contributed by atoms with Gasteiger partial charge in [0.25, 0.3) is 0 Å². The Hall–Kier alpha value is 1.69. The molecule has 0 rings (SSSR count). The average molecular weight is 127 g/mol. The van der Waals surface area contributed by atoms with Crippen molar-refractivity contribution in [2.24, 2.45) is 5.34 Å². The molecule has 0 saturated carbocycles. The summed E-state index contributed by atoms with van der Waals surface area (Å²) in [5, 5.41) is 9.00. The normalized spacial score (nSPS) is 2.00. The summed E-state index contributed by atoms with van der Waals surface area (Å²) in [7, 11) is 0. The molecule has 3 nitrogen and oxygen atoms in total. The van der Waals surface area contributed by atoms with Gasteiger partial charge in [0.2, 0.25) is 0 Å². The molecule has 0 fully saturated rings.